The van der Waals surface area contributed by atoms with Gasteiger partial charge >= 0.3 is 0 Å². The molecular formula is C11H17N3OS. The minimum Gasteiger partial charge on any atom is -0.339 e. The molecular weight excluding hydrogens is 222 g/mol. The maximum absolute atomic E-state index is 5.29. The van der Waals surface area contributed by atoms with Crippen LogP contribution in [0.1, 0.15) is 24.6 Å². The van der Waals surface area contributed by atoms with Crippen LogP contribution >= 0.6 is 11.8 Å². The maximum atomic E-state index is 5.29. The molecule has 3 rings (SSSR count). The zero-order valence-electron chi connectivity index (χ0n) is 9.32. The molecule has 1 aromatic rings. The predicted molar refractivity (Wildman–Crippen MR) is 63.5 cm³/mol. The van der Waals surface area contributed by atoms with Crippen molar-refractivity contribution in [3.63, 3.8) is 0 Å². The average Bonchev–Trinajstić information content (AvgIpc) is 3.01. The smallest absolute Gasteiger partial charge is 0.228 e. The van der Waals surface area contributed by atoms with Gasteiger partial charge in [-0.25, -0.2) is 0 Å². The fourth-order valence-electron chi connectivity index (χ4n) is 2.00. The molecule has 1 unspecified atom stereocenters. The lowest BCUT2D eigenvalue weighted by atomic mass is 10.2. The second kappa shape index (κ2) is 4.75. The number of nitrogens with one attached hydrogen (secondary N) is 1. The number of thioether (sulfide) groups is 1. The summed E-state index contributed by atoms with van der Waals surface area (Å²) < 4.78 is 5.29. The van der Waals surface area contributed by atoms with E-state index in [0.717, 1.165) is 42.8 Å². The molecule has 2 heterocycles. The van der Waals surface area contributed by atoms with Crippen molar-refractivity contribution in [3.8, 4) is 0 Å². The minimum absolute atomic E-state index is 0.507. The van der Waals surface area contributed by atoms with Crippen LogP contribution in [-0.2, 0) is 12.8 Å². The Bertz CT molecular complexity index is 345. The van der Waals surface area contributed by atoms with Gasteiger partial charge in [0.1, 0.15) is 0 Å². The van der Waals surface area contributed by atoms with Gasteiger partial charge in [0.05, 0.1) is 0 Å². The summed E-state index contributed by atoms with van der Waals surface area (Å²) in [5.41, 5.74) is 0. The molecule has 0 radical (unpaired) electrons. The highest BCUT2D eigenvalue weighted by Gasteiger charge is 2.24. The predicted octanol–water partition coefficient (Wildman–Crippen LogP) is 1.27. The molecule has 0 spiro atoms. The van der Waals surface area contributed by atoms with Crippen LogP contribution in [0.4, 0.5) is 0 Å². The largest absolute Gasteiger partial charge is 0.339 e. The summed E-state index contributed by atoms with van der Waals surface area (Å²) >= 11 is 2.00. The van der Waals surface area contributed by atoms with Crippen molar-refractivity contribution in [2.75, 3.05) is 18.1 Å². The van der Waals surface area contributed by atoms with E-state index in [2.05, 4.69) is 15.5 Å². The van der Waals surface area contributed by atoms with Gasteiger partial charge in [-0.05, 0) is 18.8 Å². The minimum atomic E-state index is 0.507. The quantitative estimate of drug-likeness (QED) is 0.857. The van der Waals surface area contributed by atoms with Crippen LogP contribution in [0.5, 0.6) is 0 Å². The van der Waals surface area contributed by atoms with Gasteiger partial charge < -0.3 is 9.84 Å². The van der Waals surface area contributed by atoms with Crippen molar-refractivity contribution in [1.29, 1.82) is 0 Å². The number of aromatic nitrogens is 2. The van der Waals surface area contributed by atoms with Crippen molar-refractivity contribution >= 4 is 11.8 Å². The van der Waals surface area contributed by atoms with E-state index in [4.69, 9.17) is 4.52 Å². The van der Waals surface area contributed by atoms with Gasteiger partial charge in [-0.1, -0.05) is 5.16 Å². The molecule has 1 aliphatic heterocycles. The Morgan fingerprint density at radius 2 is 2.31 bits per heavy atom. The summed E-state index contributed by atoms with van der Waals surface area (Å²) in [7, 11) is 0. The van der Waals surface area contributed by atoms with Crippen molar-refractivity contribution in [2.45, 2.75) is 31.7 Å². The fourth-order valence-corrected chi connectivity index (χ4v) is 2.95. The second-order valence-electron chi connectivity index (χ2n) is 4.68. The Labute approximate surface area is 99.6 Å². The SMILES string of the molecule is C1CSCC(Cc2nc(CC3CC3)no2)N1. The van der Waals surface area contributed by atoms with Crippen LogP contribution < -0.4 is 5.32 Å². The molecule has 1 aliphatic carbocycles. The van der Waals surface area contributed by atoms with Gasteiger partial charge in [-0.15, -0.1) is 0 Å². The van der Waals surface area contributed by atoms with Crippen LogP contribution in [0, 0.1) is 5.92 Å². The van der Waals surface area contributed by atoms with Crippen LogP contribution in [0.15, 0.2) is 4.52 Å². The molecule has 1 atom stereocenters. The number of hydrogen-bond acceptors (Lipinski definition) is 5. The molecule has 1 N–H and O–H groups in total. The summed E-state index contributed by atoms with van der Waals surface area (Å²) in [5, 5.41) is 7.52. The topological polar surface area (TPSA) is 51.0 Å². The molecule has 4 nitrogen and oxygen atoms in total. The molecule has 16 heavy (non-hydrogen) atoms. The van der Waals surface area contributed by atoms with E-state index in [1.165, 1.54) is 18.6 Å². The zero-order valence-corrected chi connectivity index (χ0v) is 10.1. The van der Waals surface area contributed by atoms with Crippen LogP contribution in [0.3, 0.4) is 0 Å². The van der Waals surface area contributed by atoms with E-state index in [9.17, 15) is 0 Å². The standard InChI is InChI=1S/C11H17N3OS/c1-2-8(1)5-10-13-11(15-14-10)6-9-7-16-4-3-12-9/h8-9,12H,1-7H2. The second-order valence-corrected chi connectivity index (χ2v) is 5.83. The lowest BCUT2D eigenvalue weighted by Crippen LogP contribution is -2.38. The molecule has 1 saturated heterocycles. The first-order valence-electron chi connectivity index (χ1n) is 6.03. The monoisotopic (exact) mass is 239 g/mol. The van der Waals surface area contributed by atoms with Gasteiger partial charge in [0.25, 0.3) is 0 Å². The van der Waals surface area contributed by atoms with Crippen molar-refractivity contribution in [1.82, 2.24) is 15.5 Å². The molecule has 1 saturated carbocycles. The molecule has 0 amide bonds. The van der Waals surface area contributed by atoms with Crippen molar-refractivity contribution in [2.24, 2.45) is 5.92 Å². The van der Waals surface area contributed by atoms with E-state index in [1.807, 2.05) is 11.8 Å². The summed E-state index contributed by atoms with van der Waals surface area (Å²) in [4.78, 5) is 4.46. The van der Waals surface area contributed by atoms with Crippen LogP contribution in [-0.4, -0.2) is 34.2 Å². The van der Waals surface area contributed by atoms with E-state index < -0.39 is 0 Å². The van der Waals surface area contributed by atoms with E-state index >= 15 is 0 Å². The summed E-state index contributed by atoms with van der Waals surface area (Å²) in [6.45, 7) is 1.10. The van der Waals surface area contributed by atoms with E-state index in [0.29, 0.717) is 6.04 Å². The Morgan fingerprint density at radius 3 is 3.06 bits per heavy atom. The van der Waals surface area contributed by atoms with Gasteiger partial charge in [0, 0.05) is 36.9 Å². The summed E-state index contributed by atoms with van der Waals surface area (Å²) in [6, 6.07) is 0.507. The normalized spacial score (nSPS) is 25.9. The van der Waals surface area contributed by atoms with Gasteiger partial charge in [-0.2, -0.15) is 16.7 Å². The third kappa shape index (κ3) is 2.77. The van der Waals surface area contributed by atoms with E-state index in [-0.39, 0.29) is 0 Å². The maximum Gasteiger partial charge on any atom is 0.228 e. The summed E-state index contributed by atoms with van der Waals surface area (Å²) in [5.74, 6) is 4.90. The first-order valence-corrected chi connectivity index (χ1v) is 7.18. The first kappa shape index (κ1) is 10.6. The zero-order chi connectivity index (χ0) is 10.8. The van der Waals surface area contributed by atoms with Gasteiger partial charge in [0.15, 0.2) is 5.82 Å². The highest BCUT2D eigenvalue weighted by Crippen LogP contribution is 2.31. The molecule has 2 aliphatic rings. The highest BCUT2D eigenvalue weighted by atomic mass is 32.2. The Kier molecular flexibility index (Phi) is 3.15. The lowest BCUT2D eigenvalue weighted by Gasteiger charge is -2.21. The van der Waals surface area contributed by atoms with Crippen molar-refractivity contribution in [3.05, 3.63) is 11.7 Å². The van der Waals surface area contributed by atoms with Crippen LogP contribution in [0.2, 0.25) is 0 Å². The first-order chi connectivity index (χ1) is 7.90. The number of hydrogen-bond donors (Lipinski definition) is 1. The lowest BCUT2D eigenvalue weighted by molar-refractivity contribution is 0.358. The van der Waals surface area contributed by atoms with Crippen molar-refractivity contribution < 1.29 is 4.52 Å². The molecule has 2 fully saturated rings. The number of rotatable bonds is 4. The molecule has 0 aromatic carbocycles. The molecule has 5 heteroatoms. The third-order valence-corrected chi connectivity index (χ3v) is 4.23. The molecule has 0 bridgehead atoms. The molecule has 1 aromatic heterocycles. The van der Waals surface area contributed by atoms with Gasteiger partial charge in [-0.3, -0.25) is 0 Å². The Balaban J connectivity index is 1.54. The van der Waals surface area contributed by atoms with E-state index in [1.54, 1.807) is 0 Å². The molecule has 88 valence electrons. The highest BCUT2D eigenvalue weighted by molar-refractivity contribution is 7.99. The average molecular weight is 239 g/mol. The Hall–Kier alpha value is -0.550. The van der Waals surface area contributed by atoms with Gasteiger partial charge in [0.2, 0.25) is 5.89 Å². The summed E-state index contributed by atoms with van der Waals surface area (Å²) in [6.07, 6.45) is 4.57. The number of nitrogens with zero attached hydrogens (tertiary/aromatic N) is 2. The Morgan fingerprint density at radius 1 is 1.38 bits per heavy atom. The fraction of sp³-hybridized carbons (Fsp3) is 0.818. The van der Waals surface area contributed by atoms with Crippen LogP contribution in [0.25, 0.3) is 0 Å². The third-order valence-electron chi connectivity index (χ3n) is 3.10.